The van der Waals surface area contributed by atoms with Crippen molar-refractivity contribution in [3.8, 4) is 0 Å². The van der Waals surface area contributed by atoms with E-state index in [0.717, 1.165) is 12.1 Å². The Labute approximate surface area is 105 Å². The zero-order valence-corrected chi connectivity index (χ0v) is 11.0. The first-order valence-electron chi connectivity index (χ1n) is 5.61. The number of benzene rings is 1. The number of rotatable bonds is 3. The Bertz CT molecular complexity index is 465. The maximum absolute atomic E-state index is 13.0. The summed E-state index contributed by atoms with van der Waals surface area (Å²) in [5.74, 6) is -2.30. The molecule has 1 aromatic carbocycles. The molecule has 0 bridgehead atoms. The SMILES string of the molecule is CC(C)(N)C(C)(C)C(=O)Nc1ccc(F)c(F)c1. The van der Waals surface area contributed by atoms with E-state index in [1.54, 1.807) is 27.7 Å². The van der Waals surface area contributed by atoms with Gasteiger partial charge in [0, 0.05) is 17.3 Å². The van der Waals surface area contributed by atoms with E-state index in [1.165, 1.54) is 6.07 Å². The number of hydrogen-bond donors (Lipinski definition) is 2. The van der Waals surface area contributed by atoms with Crippen LogP contribution in [0.4, 0.5) is 14.5 Å². The second kappa shape index (κ2) is 4.65. The summed E-state index contributed by atoms with van der Waals surface area (Å²) in [6, 6.07) is 3.20. The molecule has 3 nitrogen and oxygen atoms in total. The molecular weight excluding hydrogens is 238 g/mol. The van der Waals surface area contributed by atoms with E-state index in [0.29, 0.717) is 0 Å². The number of halogens is 2. The maximum atomic E-state index is 13.0. The van der Waals surface area contributed by atoms with Gasteiger partial charge in [0.2, 0.25) is 5.91 Å². The largest absolute Gasteiger partial charge is 0.325 e. The van der Waals surface area contributed by atoms with Crippen molar-refractivity contribution in [3.05, 3.63) is 29.8 Å². The Kier molecular flexibility index (Phi) is 3.76. The van der Waals surface area contributed by atoms with E-state index in [-0.39, 0.29) is 11.6 Å². The first-order chi connectivity index (χ1) is 8.05. The summed E-state index contributed by atoms with van der Waals surface area (Å²) in [4.78, 5) is 12.1. The molecule has 1 aromatic rings. The van der Waals surface area contributed by atoms with Gasteiger partial charge < -0.3 is 11.1 Å². The third-order valence-electron chi connectivity index (χ3n) is 3.36. The molecule has 0 unspecified atom stereocenters. The van der Waals surface area contributed by atoms with Crippen molar-refractivity contribution in [1.29, 1.82) is 0 Å². The van der Waals surface area contributed by atoms with Crippen LogP contribution in [0.1, 0.15) is 27.7 Å². The minimum Gasteiger partial charge on any atom is -0.325 e. The standard InChI is InChI=1S/C13H18F2N2O/c1-12(2,13(3,4)16)11(18)17-8-5-6-9(14)10(15)7-8/h5-7H,16H2,1-4H3,(H,17,18). The minimum absolute atomic E-state index is 0.205. The molecule has 0 aliphatic heterocycles. The van der Waals surface area contributed by atoms with Crippen LogP contribution in [-0.2, 0) is 4.79 Å². The van der Waals surface area contributed by atoms with Crippen LogP contribution >= 0.6 is 0 Å². The summed E-state index contributed by atoms with van der Waals surface area (Å²) < 4.78 is 25.8. The molecule has 0 fully saturated rings. The normalized spacial score (nSPS) is 12.4. The van der Waals surface area contributed by atoms with Crippen LogP contribution in [0.25, 0.3) is 0 Å². The summed E-state index contributed by atoms with van der Waals surface area (Å²) in [6.45, 7) is 6.86. The number of carbonyl (C=O) groups is 1. The summed E-state index contributed by atoms with van der Waals surface area (Å²) in [6.07, 6.45) is 0. The predicted octanol–water partition coefficient (Wildman–Crippen LogP) is 2.67. The number of hydrogen-bond acceptors (Lipinski definition) is 2. The third-order valence-corrected chi connectivity index (χ3v) is 3.36. The van der Waals surface area contributed by atoms with Gasteiger partial charge in [-0.2, -0.15) is 0 Å². The highest BCUT2D eigenvalue weighted by molar-refractivity contribution is 5.95. The monoisotopic (exact) mass is 256 g/mol. The number of nitrogens with two attached hydrogens (primary N) is 1. The number of anilines is 1. The van der Waals surface area contributed by atoms with Gasteiger partial charge in [-0.1, -0.05) is 0 Å². The second-order valence-electron chi connectivity index (χ2n) is 5.43. The summed E-state index contributed by atoms with van der Waals surface area (Å²) in [5, 5.41) is 2.53. The molecule has 0 radical (unpaired) electrons. The van der Waals surface area contributed by atoms with Gasteiger partial charge >= 0.3 is 0 Å². The molecule has 0 spiro atoms. The highest BCUT2D eigenvalue weighted by Crippen LogP contribution is 2.30. The molecular formula is C13H18F2N2O. The Hall–Kier alpha value is -1.49. The molecule has 18 heavy (non-hydrogen) atoms. The van der Waals surface area contributed by atoms with E-state index < -0.39 is 22.6 Å². The molecule has 0 aliphatic rings. The van der Waals surface area contributed by atoms with Crippen molar-refractivity contribution in [2.24, 2.45) is 11.1 Å². The van der Waals surface area contributed by atoms with Gasteiger partial charge in [0.15, 0.2) is 11.6 Å². The number of amides is 1. The van der Waals surface area contributed by atoms with Crippen molar-refractivity contribution in [2.45, 2.75) is 33.2 Å². The van der Waals surface area contributed by atoms with Crippen molar-refractivity contribution >= 4 is 11.6 Å². The van der Waals surface area contributed by atoms with Crippen molar-refractivity contribution in [3.63, 3.8) is 0 Å². The molecule has 0 aliphatic carbocycles. The lowest BCUT2D eigenvalue weighted by atomic mass is 9.74. The van der Waals surface area contributed by atoms with Crippen LogP contribution in [0.5, 0.6) is 0 Å². The summed E-state index contributed by atoms with van der Waals surface area (Å²) in [5.41, 5.74) is 4.54. The average Bonchev–Trinajstić information content (AvgIpc) is 2.21. The van der Waals surface area contributed by atoms with Gasteiger partial charge in [-0.25, -0.2) is 8.78 Å². The van der Waals surface area contributed by atoms with Gasteiger partial charge in [-0.3, -0.25) is 4.79 Å². The molecule has 1 rings (SSSR count). The van der Waals surface area contributed by atoms with Gasteiger partial charge in [-0.05, 0) is 39.8 Å². The highest BCUT2D eigenvalue weighted by atomic mass is 19.2. The molecule has 100 valence electrons. The topological polar surface area (TPSA) is 55.1 Å². The number of carbonyl (C=O) groups excluding carboxylic acids is 1. The minimum atomic E-state index is -1.00. The summed E-state index contributed by atoms with van der Waals surface area (Å²) in [7, 11) is 0. The van der Waals surface area contributed by atoms with Gasteiger partial charge in [0.25, 0.3) is 0 Å². The Morgan fingerprint density at radius 3 is 2.17 bits per heavy atom. The molecule has 0 heterocycles. The summed E-state index contributed by atoms with van der Waals surface area (Å²) >= 11 is 0. The maximum Gasteiger partial charge on any atom is 0.231 e. The van der Waals surface area contributed by atoms with Crippen LogP contribution in [0.15, 0.2) is 18.2 Å². The predicted molar refractivity (Wildman–Crippen MR) is 67.0 cm³/mol. The highest BCUT2D eigenvalue weighted by Gasteiger charge is 2.40. The van der Waals surface area contributed by atoms with Crippen molar-refractivity contribution in [2.75, 3.05) is 5.32 Å². The molecule has 0 atom stereocenters. The van der Waals surface area contributed by atoms with Crippen molar-refractivity contribution < 1.29 is 13.6 Å². The first kappa shape index (κ1) is 14.6. The van der Waals surface area contributed by atoms with E-state index in [2.05, 4.69) is 5.32 Å². The van der Waals surface area contributed by atoms with E-state index in [1.807, 2.05) is 0 Å². The number of nitrogens with one attached hydrogen (secondary N) is 1. The van der Waals surface area contributed by atoms with Crippen LogP contribution in [-0.4, -0.2) is 11.4 Å². The van der Waals surface area contributed by atoms with Crippen LogP contribution in [0.3, 0.4) is 0 Å². The van der Waals surface area contributed by atoms with E-state index >= 15 is 0 Å². The fourth-order valence-electron chi connectivity index (χ4n) is 1.15. The van der Waals surface area contributed by atoms with Crippen LogP contribution < -0.4 is 11.1 Å². The Balaban J connectivity index is 2.91. The van der Waals surface area contributed by atoms with Gasteiger partial charge in [-0.15, -0.1) is 0 Å². The Morgan fingerprint density at radius 1 is 1.17 bits per heavy atom. The van der Waals surface area contributed by atoms with Crippen LogP contribution in [0.2, 0.25) is 0 Å². The fraction of sp³-hybridized carbons (Fsp3) is 0.462. The molecule has 0 saturated heterocycles. The fourth-order valence-corrected chi connectivity index (χ4v) is 1.15. The third kappa shape index (κ3) is 2.85. The average molecular weight is 256 g/mol. The van der Waals surface area contributed by atoms with E-state index in [4.69, 9.17) is 5.73 Å². The molecule has 1 amide bonds. The van der Waals surface area contributed by atoms with Gasteiger partial charge in [0.05, 0.1) is 5.41 Å². The Morgan fingerprint density at radius 2 is 1.72 bits per heavy atom. The quantitative estimate of drug-likeness (QED) is 0.873. The molecule has 0 saturated carbocycles. The molecule has 5 heteroatoms. The van der Waals surface area contributed by atoms with Crippen LogP contribution in [0, 0.1) is 17.0 Å². The van der Waals surface area contributed by atoms with E-state index in [9.17, 15) is 13.6 Å². The lowest BCUT2D eigenvalue weighted by molar-refractivity contribution is -0.126. The zero-order chi connectivity index (χ0) is 14.1. The molecule has 3 N–H and O–H groups in total. The smallest absolute Gasteiger partial charge is 0.231 e. The zero-order valence-electron chi connectivity index (χ0n) is 11.0. The second-order valence-corrected chi connectivity index (χ2v) is 5.43. The van der Waals surface area contributed by atoms with Crippen molar-refractivity contribution in [1.82, 2.24) is 0 Å². The lowest BCUT2D eigenvalue weighted by Gasteiger charge is -2.36. The van der Waals surface area contributed by atoms with Gasteiger partial charge in [0.1, 0.15) is 0 Å². The molecule has 0 aromatic heterocycles. The lowest BCUT2D eigenvalue weighted by Crippen LogP contribution is -2.53. The first-order valence-corrected chi connectivity index (χ1v) is 5.61.